The molecule has 0 atom stereocenters. The van der Waals surface area contributed by atoms with Crippen molar-refractivity contribution in [3.63, 3.8) is 0 Å². The topological polar surface area (TPSA) is 0 Å². The second-order valence-electron chi connectivity index (χ2n) is 1.41. The molecule has 7 heavy (non-hydrogen) atoms. The van der Waals surface area contributed by atoms with E-state index in [1.807, 2.05) is 0 Å². The number of allylic oxidation sites excluding steroid dienone is 4. The summed E-state index contributed by atoms with van der Waals surface area (Å²) in [5, 5.41) is 0. The van der Waals surface area contributed by atoms with Crippen LogP contribution in [0.5, 0.6) is 0 Å². The quantitative estimate of drug-likeness (QED) is 0.483. The van der Waals surface area contributed by atoms with Crippen molar-refractivity contribution in [3.8, 4) is 0 Å². The van der Waals surface area contributed by atoms with E-state index >= 15 is 0 Å². The Balaban J connectivity index is 2.45. The minimum absolute atomic E-state index is 1.19. The minimum atomic E-state index is 1.19. The first kappa shape index (κ1) is 5.14. The standard InChI is InChI=1S/C5H5.CH3.Fe/c1-2-4-5-3-1;;/h1-3H,4H2;1H3;. The Bertz CT molecular complexity index is 111. The molecule has 0 bridgehead atoms. The third-order valence-electron chi connectivity index (χ3n) is 0.944. The van der Waals surface area contributed by atoms with E-state index in [0.29, 0.717) is 0 Å². The first-order valence-corrected chi connectivity index (χ1v) is 3.90. The molecular weight excluding hydrogens is 128 g/mol. The van der Waals surface area contributed by atoms with Crippen LogP contribution < -0.4 is 0 Å². The maximum atomic E-state index is 2.19. The van der Waals surface area contributed by atoms with E-state index in [1.165, 1.54) is 21.4 Å². The van der Waals surface area contributed by atoms with Crippen molar-refractivity contribution in [2.24, 2.45) is 0 Å². The average molecular weight is 136 g/mol. The van der Waals surface area contributed by atoms with Crippen LogP contribution in [0.1, 0.15) is 6.42 Å². The van der Waals surface area contributed by atoms with Crippen molar-refractivity contribution < 1.29 is 15.0 Å². The normalized spacial score (nSPS) is 18.1. The Labute approximate surface area is 50.5 Å². The van der Waals surface area contributed by atoms with E-state index in [4.69, 9.17) is 0 Å². The zero-order chi connectivity index (χ0) is 5.11. The molecule has 0 unspecified atom stereocenters. The fourth-order valence-corrected chi connectivity index (χ4v) is 1.19. The molecule has 0 radical (unpaired) electrons. The number of hydrogen-bond donors (Lipinski definition) is 0. The van der Waals surface area contributed by atoms with Gasteiger partial charge >= 0.3 is 49.9 Å². The van der Waals surface area contributed by atoms with Gasteiger partial charge in [-0.25, -0.2) is 0 Å². The first-order valence-electron chi connectivity index (χ1n) is 2.25. The molecule has 0 saturated carbocycles. The Kier molecular flexibility index (Phi) is 1.72. The van der Waals surface area contributed by atoms with Crippen LogP contribution in [0.4, 0.5) is 0 Å². The summed E-state index contributed by atoms with van der Waals surface area (Å²) in [6, 6.07) is 0. The van der Waals surface area contributed by atoms with E-state index in [1.54, 1.807) is 4.47 Å². The summed E-state index contributed by atoms with van der Waals surface area (Å²) in [5.74, 6) is 2.19. The zero-order valence-electron chi connectivity index (χ0n) is 4.29. The molecule has 0 N–H and O–H groups in total. The fraction of sp³-hybridized carbons (Fsp3) is 0.333. The van der Waals surface area contributed by atoms with E-state index in [2.05, 4.69) is 24.1 Å². The van der Waals surface area contributed by atoms with Gasteiger partial charge in [-0.15, -0.1) is 0 Å². The molecule has 0 spiro atoms. The summed E-state index contributed by atoms with van der Waals surface area (Å²) in [5.41, 5.74) is 0. The Morgan fingerprint density at radius 2 is 2.57 bits per heavy atom. The predicted octanol–water partition coefficient (Wildman–Crippen LogP) is 1.96. The van der Waals surface area contributed by atoms with E-state index in [0.717, 1.165) is 0 Å². The van der Waals surface area contributed by atoms with Crippen molar-refractivity contribution in [2.45, 2.75) is 12.2 Å². The predicted molar refractivity (Wildman–Crippen MR) is 27.7 cm³/mol. The molecule has 1 aliphatic rings. The van der Waals surface area contributed by atoms with Crippen molar-refractivity contribution in [3.05, 3.63) is 22.7 Å². The van der Waals surface area contributed by atoms with Crippen molar-refractivity contribution in [2.75, 3.05) is 0 Å². The third kappa shape index (κ3) is 1.18. The van der Waals surface area contributed by atoms with E-state index in [9.17, 15) is 0 Å². The zero-order valence-corrected chi connectivity index (χ0v) is 5.40. The van der Waals surface area contributed by atoms with Gasteiger partial charge in [-0.2, -0.15) is 0 Å². The van der Waals surface area contributed by atoms with Gasteiger partial charge in [-0.05, 0) is 0 Å². The number of hydrogen-bond acceptors (Lipinski definition) is 0. The van der Waals surface area contributed by atoms with Crippen LogP contribution in [0.25, 0.3) is 0 Å². The molecule has 1 heteroatoms. The van der Waals surface area contributed by atoms with Crippen molar-refractivity contribution >= 4 is 0 Å². The van der Waals surface area contributed by atoms with Gasteiger partial charge in [0.1, 0.15) is 0 Å². The molecule has 1 aliphatic carbocycles. The van der Waals surface area contributed by atoms with E-state index in [-0.39, 0.29) is 0 Å². The monoisotopic (exact) mass is 136 g/mol. The molecule has 0 saturated heterocycles. The molecule has 0 aromatic rings. The SMILES string of the molecule is [CH3][Fe][C]1=CC=CC1. The molecule has 0 aromatic heterocycles. The van der Waals surface area contributed by atoms with Gasteiger partial charge in [0.15, 0.2) is 0 Å². The van der Waals surface area contributed by atoms with Crippen LogP contribution in [-0.2, 0) is 15.0 Å². The summed E-state index contributed by atoms with van der Waals surface area (Å²) in [7, 11) is 0. The molecular formula is C6H8Fe. The second kappa shape index (κ2) is 2.34. The van der Waals surface area contributed by atoms with Crippen molar-refractivity contribution in [1.82, 2.24) is 0 Å². The van der Waals surface area contributed by atoms with Gasteiger partial charge in [-0.1, -0.05) is 0 Å². The molecule has 0 fully saturated rings. The Morgan fingerprint density at radius 1 is 1.71 bits per heavy atom. The maximum absolute atomic E-state index is 2.19. The summed E-state index contributed by atoms with van der Waals surface area (Å²) in [6.07, 6.45) is 7.70. The first-order chi connectivity index (χ1) is 3.43. The Hall–Kier alpha value is -0.000519. The molecule has 40 valence electrons. The molecule has 0 aliphatic heterocycles. The third-order valence-corrected chi connectivity index (χ3v) is 2.06. The van der Waals surface area contributed by atoms with Crippen LogP contribution in [-0.4, -0.2) is 0 Å². The summed E-state index contributed by atoms with van der Waals surface area (Å²) in [6.45, 7) is 0. The molecule has 0 heterocycles. The fourth-order valence-electron chi connectivity index (χ4n) is 0.547. The van der Waals surface area contributed by atoms with Gasteiger partial charge in [0, 0.05) is 0 Å². The molecule has 0 nitrogen and oxygen atoms in total. The van der Waals surface area contributed by atoms with Crippen LogP contribution in [0.2, 0.25) is 5.82 Å². The molecule has 0 amide bonds. The van der Waals surface area contributed by atoms with Crippen LogP contribution >= 0.6 is 0 Å². The van der Waals surface area contributed by atoms with Crippen molar-refractivity contribution in [1.29, 1.82) is 0 Å². The van der Waals surface area contributed by atoms with Gasteiger partial charge in [-0.3, -0.25) is 0 Å². The summed E-state index contributed by atoms with van der Waals surface area (Å²) in [4.78, 5) is 0. The van der Waals surface area contributed by atoms with Crippen LogP contribution in [0.3, 0.4) is 0 Å². The summed E-state index contributed by atoms with van der Waals surface area (Å²) >= 11 is 1.22. The Morgan fingerprint density at radius 3 is 2.86 bits per heavy atom. The van der Waals surface area contributed by atoms with E-state index < -0.39 is 0 Å². The van der Waals surface area contributed by atoms with Gasteiger partial charge in [0.25, 0.3) is 0 Å². The second-order valence-corrected chi connectivity index (χ2v) is 2.67. The molecule has 1 rings (SSSR count). The van der Waals surface area contributed by atoms with Crippen LogP contribution in [0.15, 0.2) is 22.7 Å². The average Bonchev–Trinajstić information content (AvgIpc) is 2.14. The van der Waals surface area contributed by atoms with Gasteiger partial charge in [0.05, 0.1) is 0 Å². The number of rotatable bonds is 1. The van der Waals surface area contributed by atoms with Gasteiger partial charge in [0.2, 0.25) is 0 Å². The van der Waals surface area contributed by atoms with Gasteiger partial charge < -0.3 is 0 Å². The summed E-state index contributed by atoms with van der Waals surface area (Å²) < 4.78 is 1.56. The van der Waals surface area contributed by atoms with Crippen LogP contribution in [0, 0.1) is 0 Å². The molecule has 0 aromatic carbocycles.